The van der Waals surface area contributed by atoms with E-state index in [1.807, 2.05) is 24.3 Å². The molecule has 0 heterocycles. The molecule has 1 amide bonds. The monoisotopic (exact) mass is 402 g/mol. The molecule has 2 rings (SSSR count). The number of amides is 1. The van der Waals surface area contributed by atoms with Crippen LogP contribution in [0.2, 0.25) is 0 Å². The van der Waals surface area contributed by atoms with Gasteiger partial charge in [-0.3, -0.25) is 4.79 Å². The standard InChI is InChI=1S/C15H13F2IN2O/c1-9(19-11-7-5-10(18)6-8-11)15(21)20-14-12(16)3-2-4-13(14)17/h2-9,19H,1H3,(H,20,21)/t9-/m0/s1. The summed E-state index contributed by atoms with van der Waals surface area (Å²) in [5, 5.41) is 5.22. The van der Waals surface area contributed by atoms with Crippen molar-refractivity contribution >= 4 is 39.9 Å². The lowest BCUT2D eigenvalue weighted by Crippen LogP contribution is -2.32. The fourth-order valence-corrected chi connectivity index (χ4v) is 2.07. The van der Waals surface area contributed by atoms with Crippen molar-refractivity contribution in [2.75, 3.05) is 10.6 Å². The maximum absolute atomic E-state index is 13.5. The number of benzene rings is 2. The molecule has 6 heteroatoms. The summed E-state index contributed by atoms with van der Waals surface area (Å²) >= 11 is 2.18. The lowest BCUT2D eigenvalue weighted by molar-refractivity contribution is -0.116. The van der Waals surface area contributed by atoms with Gasteiger partial charge in [-0.15, -0.1) is 0 Å². The van der Waals surface area contributed by atoms with Crippen LogP contribution in [0.4, 0.5) is 20.2 Å². The van der Waals surface area contributed by atoms with E-state index in [9.17, 15) is 13.6 Å². The third-order valence-corrected chi connectivity index (χ3v) is 3.55. The van der Waals surface area contributed by atoms with Crippen molar-refractivity contribution in [3.63, 3.8) is 0 Å². The smallest absolute Gasteiger partial charge is 0.246 e. The first-order valence-electron chi connectivity index (χ1n) is 6.24. The molecule has 0 aliphatic rings. The van der Waals surface area contributed by atoms with Gasteiger partial charge in [0.25, 0.3) is 0 Å². The van der Waals surface area contributed by atoms with E-state index in [1.165, 1.54) is 6.07 Å². The Morgan fingerprint density at radius 2 is 1.67 bits per heavy atom. The summed E-state index contributed by atoms with van der Waals surface area (Å²) in [4.78, 5) is 12.0. The van der Waals surface area contributed by atoms with Crippen LogP contribution in [-0.4, -0.2) is 11.9 Å². The fourth-order valence-electron chi connectivity index (χ4n) is 1.71. The van der Waals surface area contributed by atoms with Gasteiger partial charge in [0, 0.05) is 9.26 Å². The minimum atomic E-state index is -0.801. The summed E-state index contributed by atoms with van der Waals surface area (Å²) < 4.78 is 28.0. The first-order valence-corrected chi connectivity index (χ1v) is 7.32. The summed E-state index contributed by atoms with van der Waals surface area (Å²) in [6.07, 6.45) is 0. The predicted octanol–water partition coefficient (Wildman–Crippen LogP) is 4.01. The zero-order valence-electron chi connectivity index (χ0n) is 11.2. The number of hydrogen-bond donors (Lipinski definition) is 2. The quantitative estimate of drug-likeness (QED) is 0.760. The lowest BCUT2D eigenvalue weighted by Gasteiger charge is -2.16. The number of hydrogen-bond acceptors (Lipinski definition) is 2. The van der Waals surface area contributed by atoms with Crippen molar-refractivity contribution in [2.45, 2.75) is 13.0 Å². The van der Waals surface area contributed by atoms with Gasteiger partial charge in [0.15, 0.2) is 0 Å². The van der Waals surface area contributed by atoms with E-state index in [1.54, 1.807) is 6.92 Å². The van der Waals surface area contributed by atoms with Crippen molar-refractivity contribution in [1.82, 2.24) is 0 Å². The topological polar surface area (TPSA) is 41.1 Å². The molecule has 0 fully saturated rings. The van der Waals surface area contributed by atoms with Gasteiger partial charge in [0.1, 0.15) is 23.4 Å². The van der Waals surface area contributed by atoms with Crippen LogP contribution in [0, 0.1) is 15.2 Å². The Balaban J connectivity index is 2.04. The van der Waals surface area contributed by atoms with Crippen molar-refractivity contribution in [3.8, 4) is 0 Å². The van der Waals surface area contributed by atoms with E-state index >= 15 is 0 Å². The summed E-state index contributed by atoms with van der Waals surface area (Å²) in [5.74, 6) is -2.12. The summed E-state index contributed by atoms with van der Waals surface area (Å²) in [5.41, 5.74) is 0.325. The summed E-state index contributed by atoms with van der Waals surface area (Å²) in [6.45, 7) is 1.62. The zero-order chi connectivity index (χ0) is 15.4. The number of halogens is 3. The molecule has 0 spiro atoms. The molecule has 0 aliphatic carbocycles. The molecular formula is C15H13F2IN2O. The maximum Gasteiger partial charge on any atom is 0.246 e. The minimum Gasteiger partial charge on any atom is -0.374 e. The Bertz CT molecular complexity index is 626. The zero-order valence-corrected chi connectivity index (χ0v) is 13.3. The Kier molecular flexibility index (Phi) is 5.11. The molecule has 2 N–H and O–H groups in total. The molecule has 0 aromatic heterocycles. The Labute approximate surface area is 134 Å². The second-order valence-corrected chi connectivity index (χ2v) is 5.70. The second-order valence-electron chi connectivity index (χ2n) is 4.46. The Hall–Kier alpha value is -1.70. The molecule has 0 saturated heterocycles. The average molecular weight is 402 g/mol. The lowest BCUT2D eigenvalue weighted by atomic mass is 10.2. The van der Waals surface area contributed by atoms with Gasteiger partial charge in [-0.1, -0.05) is 6.07 Å². The minimum absolute atomic E-state index is 0.432. The third-order valence-electron chi connectivity index (χ3n) is 2.83. The number of anilines is 2. The Morgan fingerprint density at radius 1 is 1.10 bits per heavy atom. The highest BCUT2D eigenvalue weighted by Crippen LogP contribution is 2.19. The molecule has 0 bridgehead atoms. The van der Waals surface area contributed by atoms with E-state index in [0.717, 1.165) is 21.4 Å². The first kappa shape index (κ1) is 15.7. The third kappa shape index (κ3) is 4.13. The van der Waals surface area contributed by atoms with Gasteiger partial charge >= 0.3 is 0 Å². The van der Waals surface area contributed by atoms with Crippen LogP contribution in [0.5, 0.6) is 0 Å². The molecule has 0 aliphatic heterocycles. The summed E-state index contributed by atoms with van der Waals surface area (Å²) in [6, 6.07) is 10.2. The number of rotatable bonds is 4. The second kappa shape index (κ2) is 6.84. The number of carbonyl (C=O) groups is 1. The van der Waals surface area contributed by atoms with Crippen LogP contribution in [0.1, 0.15) is 6.92 Å². The van der Waals surface area contributed by atoms with Gasteiger partial charge in [-0.25, -0.2) is 8.78 Å². The van der Waals surface area contributed by atoms with Crippen molar-refractivity contribution in [2.24, 2.45) is 0 Å². The number of nitrogens with one attached hydrogen (secondary N) is 2. The molecule has 3 nitrogen and oxygen atoms in total. The van der Waals surface area contributed by atoms with Gasteiger partial charge < -0.3 is 10.6 Å². The molecule has 0 saturated carbocycles. The van der Waals surface area contributed by atoms with E-state index in [0.29, 0.717) is 0 Å². The number of para-hydroxylation sites is 1. The molecule has 2 aromatic rings. The van der Waals surface area contributed by atoms with E-state index in [4.69, 9.17) is 0 Å². The van der Waals surface area contributed by atoms with Gasteiger partial charge in [-0.2, -0.15) is 0 Å². The van der Waals surface area contributed by atoms with Gasteiger partial charge in [0.05, 0.1) is 0 Å². The van der Waals surface area contributed by atoms with Crippen LogP contribution in [-0.2, 0) is 4.79 Å². The van der Waals surface area contributed by atoms with Crippen molar-refractivity contribution in [3.05, 3.63) is 57.7 Å². The first-order chi connectivity index (χ1) is 9.97. The molecule has 0 unspecified atom stereocenters. The van der Waals surface area contributed by atoms with Crippen molar-refractivity contribution in [1.29, 1.82) is 0 Å². The maximum atomic E-state index is 13.5. The number of carbonyl (C=O) groups excluding carboxylic acids is 1. The SMILES string of the molecule is C[C@H](Nc1ccc(I)cc1)C(=O)Nc1c(F)cccc1F. The van der Waals surface area contributed by atoms with Gasteiger partial charge in [-0.05, 0) is 65.9 Å². The van der Waals surface area contributed by atoms with Crippen molar-refractivity contribution < 1.29 is 13.6 Å². The highest BCUT2D eigenvalue weighted by molar-refractivity contribution is 14.1. The molecule has 110 valence electrons. The summed E-state index contributed by atoms with van der Waals surface area (Å²) in [7, 11) is 0. The fraction of sp³-hybridized carbons (Fsp3) is 0.133. The highest BCUT2D eigenvalue weighted by Gasteiger charge is 2.17. The van der Waals surface area contributed by atoms with E-state index in [2.05, 4.69) is 33.2 Å². The van der Waals surface area contributed by atoms with Crippen LogP contribution >= 0.6 is 22.6 Å². The normalized spacial score (nSPS) is 11.8. The van der Waals surface area contributed by atoms with Crippen LogP contribution in [0.15, 0.2) is 42.5 Å². The highest BCUT2D eigenvalue weighted by atomic mass is 127. The van der Waals surface area contributed by atoms with E-state index < -0.39 is 29.3 Å². The van der Waals surface area contributed by atoms with Crippen LogP contribution in [0.25, 0.3) is 0 Å². The van der Waals surface area contributed by atoms with Crippen LogP contribution in [0.3, 0.4) is 0 Å². The van der Waals surface area contributed by atoms with E-state index in [-0.39, 0.29) is 0 Å². The predicted molar refractivity (Wildman–Crippen MR) is 87.2 cm³/mol. The Morgan fingerprint density at radius 3 is 2.24 bits per heavy atom. The van der Waals surface area contributed by atoms with Gasteiger partial charge in [0.2, 0.25) is 5.91 Å². The molecule has 2 aromatic carbocycles. The largest absolute Gasteiger partial charge is 0.374 e. The molecule has 0 radical (unpaired) electrons. The molecule has 21 heavy (non-hydrogen) atoms. The molecule has 1 atom stereocenters. The average Bonchev–Trinajstić information content (AvgIpc) is 2.45. The molecular weight excluding hydrogens is 389 g/mol. The van der Waals surface area contributed by atoms with Crippen LogP contribution < -0.4 is 10.6 Å².